The Kier molecular flexibility index (Phi) is 4.43. The molecule has 18 heavy (non-hydrogen) atoms. The first-order chi connectivity index (χ1) is 8.74. The zero-order valence-electron chi connectivity index (χ0n) is 11.6. The summed E-state index contributed by atoms with van der Waals surface area (Å²) in [7, 11) is 0. The number of para-hydroxylation sites is 1. The quantitative estimate of drug-likeness (QED) is 0.830. The highest BCUT2D eigenvalue weighted by Crippen LogP contribution is 2.23. The van der Waals surface area contributed by atoms with Crippen molar-refractivity contribution in [1.82, 2.24) is 5.32 Å². The number of nitrogens with one attached hydrogen (secondary N) is 1. The van der Waals surface area contributed by atoms with Gasteiger partial charge in [0.15, 0.2) is 0 Å². The van der Waals surface area contributed by atoms with E-state index in [9.17, 15) is 0 Å². The van der Waals surface area contributed by atoms with E-state index >= 15 is 0 Å². The second kappa shape index (κ2) is 6.05. The standard InChI is InChI=1S/C16H23NO/c1-4-14(17-5-2)9-10-15-11-13-8-6-7-12(3)16(13)18-15/h6-8,11,14,17H,4-5,9-10H2,1-3H3. The van der Waals surface area contributed by atoms with Crippen molar-refractivity contribution < 1.29 is 4.42 Å². The molecule has 0 amide bonds. The normalized spacial score (nSPS) is 13.1. The van der Waals surface area contributed by atoms with Crippen molar-refractivity contribution in [3.63, 3.8) is 0 Å². The van der Waals surface area contributed by atoms with Crippen LogP contribution in [0.4, 0.5) is 0 Å². The highest BCUT2D eigenvalue weighted by atomic mass is 16.3. The van der Waals surface area contributed by atoms with Gasteiger partial charge in [-0.25, -0.2) is 0 Å². The van der Waals surface area contributed by atoms with Gasteiger partial charge in [-0.1, -0.05) is 32.0 Å². The van der Waals surface area contributed by atoms with Crippen LogP contribution in [0.1, 0.15) is 38.0 Å². The molecule has 0 aliphatic heterocycles. The topological polar surface area (TPSA) is 25.2 Å². The Morgan fingerprint density at radius 1 is 1.28 bits per heavy atom. The summed E-state index contributed by atoms with van der Waals surface area (Å²) in [6.07, 6.45) is 3.33. The highest BCUT2D eigenvalue weighted by Gasteiger charge is 2.09. The van der Waals surface area contributed by atoms with Crippen molar-refractivity contribution in [2.24, 2.45) is 0 Å². The van der Waals surface area contributed by atoms with Crippen LogP contribution in [0.2, 0.25) is 0 Å². The Bertz CT molecular complexity index is 501. The summed E-state index contributed by atoms with van der Waals surface area (Å²) in [5, 5.41) is 4.73. The molecule has 0 bridgehead atoms. The third kappa shape index (κ3) is 2.94. The molecule has 0 aliphatic carbocycles. The zero-order valence-corrected chi connectivity index (χ0v) is 11.6. The van der Waals surface area contributed by atoms with Crippen LogP contribution in [0.5, 0.6) is 0 Å². The van der Waals surface area contributed by atoms with Crippen LogP contribution >= 0.6 is 0 Å². The van der Waals surface area contributed by atoms with E-state index in [1.807, 2.05) is 0 Å². The zero-order chi connectivity index (χ0) is 13.0. The molecule has 1 unspecified atom stereocenters. The van der Waals surface area contributed by atoms with E-state index in [2.05, 4.69) is 50.4 Å². The lowest BCUT2D eigenvalue weighted by Gasteiger charge is -2.14. The van der Waals surface area contributed by atoms with E-state index in [4.69, 9.17) is 4.42 Å². The molecule has 98 valence electrons. The van der Waals surface area contributed by atoms with Gasteiger partial charge in [-0.2, -0.15) is 0 Å². The number of furan rings is 1. The van der Waals surface area contributed by atoms with Crippen LogP contribution < -0.4 is 5.32 Å². The lowest BCUT2D eigenvalue weighted by Crippen LogP contribution is -2.28. The van der Waals surface area contributed by atoms with Gasteiger partial charge in [0.05, 0.1) is 0 Å². The highest BCUT2D eigenvalue weighted by molar-refractivity contribution is 5.80. The molecule has 0 saturated heterocycles. The summed E-state index contributed by atoms with van der Waals surface area (Å²) in [6, 6.07) is 9.09. The fraction of sp³-hybridized carbons (Fsp3) is 0.500. The van der Waals surface area contributed by atoms with Crippen LogP contribution in [0.25, 0.3) is 11.0 Å². The summed E-state index contributed by atoms with van der Waals surface area (Å²) in [6.45, 7) is 7.53. The lowest BCUT2D eigenvalue weighted by molar-refractivity contribution is 0.452. The Balaban J connectivity index is 2.06. The first kappa shape index (κ1) is 13.2. The Morgan fingerprint density at radius 3 is 2.78 bits per heavy atom. The van der Waals surface area contributed by atoms with Gasteiger partial charge < -0.3 is 9.73 Å². The SMILES string of the molecule is CCNC(CC)CCc1cc2cccc(C)c2o1. The number of fused-ring (bicyclic) bond motifs is 1. The lowest BCUT2D eigenvalue weighted by atomic mass is 10.1. The van der Waals surface area contributed by atoms with Crippen molar-refractivity contribution in [2.45, 2.75) is 46.1 Å². The van der Waals surface area contributed by atoms with E-state index in [0.717, 1.165) is 30.7 Å². The molecule has 1 heterocycles. The molecule has 1 atom stereocenters. The fourth-order valence-corrected chi connectivity index (χ4v) is 2.44. The summed E-state index contributed by atoms with van der Waals surface area (Å²) in [4.78, 5) is 0. The molecule has 2 nitrogen and oxygen atoms in total. The summed E-state index contributed by atoms with van der Waals surface area (Å²) >= 11 is 0. The van der Waals surface area contributed by atoms with Crippen molar-refractivity contribution >= 4 is 11.0 Å². The summed E-state index contributed by atoms with van der Waals surface area (Å²) in [5.74, 6) is 1.11. The minimum Gasteiger partial charge on any atom is -0.461 e. The first-order valence-electron chi connectivity index (χ1n) is 6.96. The van der Waals surface area contributed by atoms with E-state index in [1.54, 1.807) is 0 Å². The van der Waals surface area contributed by atoms with Gasteiger partial charge in [0.2, 0.25) is 0 Å². The third-order valence-electron chi connectivity index (χ3n) is 3.52. The van der Waals surface area contributed by atoms with Gasteiger partial charge in [-0.15, -0.1) is 0 Å². The Labute approximate surface area is 109 Å². The molecular formula is C16H23NO. The number of rotatable bonds is 6. The largest absolute Gasteiger partial charge is 0.461 e. The van der Waals surface area contributed by atoms with Crippen molar-refractivity contribution in [3.05, 3.63) is 35.6 Å². The summed E-state index contributed by atoms with van der Waals surface area (Å²) < 4.78 is 5.94. The van der Waals surface area contributed by atoms with Gasteiger partial charge in [0.25, 0.3) is 0 Å². The number of aryl methyl sites for hydroxylation is 2. The molecule has 0 radical (unpaired) electrons. The van der Waals surface area contributed by atoms with Crippen LogP contribution in [0.3, 0.4) is 0 Å². The fourth-order valence-electron chi connectivity index (χ4n) is 2.44. The number of hydrogen-bond donors (Lipinski definition) is 1. The maximum absolute atomic E-state index is 5.94. The summed E-state index contributed by atoms with van der Waals surface area (Å²) in [5.41, 5.74) is 2.27. The van der Waals surface area contributed by atoms with Crippen molar-refractivity contribution in [2.75, 3.05) is 6.54 Å². The van der Waals surface area contributed by atoms with E-state index in [1.165, 1.54) is 17.4 Å². The van der Waals surface area contributed by atoms with E-state index in [0.29, 0.717) is 6.04 Å². The predicted octanol–water partition coefficient (Wildman–Crippen LogP) is 4.06. The Hall–Kier alpha value is -1.28. The van der Waals surface area contributed by atoms with Crippen LogP contribution in [0.15, 0.2) is 28.7 Å². The molecular weight excluding hydrogens is 222 g/mol. The van der Waals surface area contributed by atoms with Gasteiger partial charge >= 0.3 is 0 Å². The van der Waals surface area contributed by atoms with Gasteiger partial charge in [0.1, 0.15) is 11.3 Å². The smallest absolute Gasteiger partial charge is 0.137 e. The minimum atomic E-state index is 0.601. The van der Waals surface area contributed by atoms with Crippen LogP contribution in [0, 0.1) is 6.92 Å². The second-order valence-corrected chi connectivity index (χ2v) is 4.91. The third-order valence-corrected chi connectivity index (χ3v) is 3.52. The Morgan fingerprint density at radius 2 is 2.11 bits per heavy atom. The van der Waals surface area contributed by atoms with Crippen molar-refractivity contribution in [1.29, 1.82) is 0 Å². The molecule has 2 rings (SSSR count). The molecule has 0 fully saturated rings. The van der Waals surface area contributed by atoms with Gasteiger partial charge in [0, 0.05) is 17.8 Å². The monoisotopic (exact) mass is 245 g/mol. The van der Waals surface area contributed by atoms with Crippen LogP contribution in [-0.2, 0) is 6.42 Å². The maximum Gasteiger partial charge on any atom is 0.137 e. The number of benzene rings is 1. The van der Waals surface area contributed by atoms with Crippen LogP contribution in [-0.4, -0.2) is 12.6 Å². The number of hydrogen-bond acceptors (Lipinski definition) is 2. The first-order valence-corrected chi connectivity index (χ1v) is 6.96. The molecule has 2 aromatic rings. The molecule has 0 saturated carbocycles. The molecule has 0 spiro atoms. The average molecular weight is 245 g/mol. The molecule has 1 N–H and O–H groups in total. The molecule has 1 aromatic carbocycles. The predicted molar refractivity (Wildman–Crippen MR) is 77.0 cm³/mol. The maximum atomic E-state index is 5.94. The van der Waals surface area contributed by atoms with Gasteiger partial charge in [-0.05, 0) is 37.9 Å². The molecule has 0 aliphatic rings. The van der Waals surface area contributed by atoms with E-state index in [-0.39, 0.29) is 0 Å². The average Bonchev–Trinajstić information content (AvgIpc) is 2.79. The second-order valence-electron chi connectivity index (χ2n) is 4.91. The molecule has 1 aromatic heterocycles. The van der Waals surface area contributed by atoms with E-state index < -0.39 is 0 Å². The minimum absolute atomic E-state index is 0.601. The van der Waals surface area contributed by atoms with Crippen molar-refractivity contribution in [3.8, 4) is 0 Å². The molecule has 2 heteroatoms. The van der Waals surface area contributed by atoms with Gasteiger partial charge in [-0.3, -0.25) is 0 Å².